The van der Waals surface area contributed by atoms with Gasteiger partial charge in [-0.3, -0.25) is 0 Å². The molecule has 118 valence electrons. The molecule has 0 saturated heterocycles. The second kappa shape index (κ2) is 6.73. The monoisotopic (exact) mass is 300 g/mol. The molecule has 0 spiro atoms. The zero-order valence-electron chi connectivity index (χ0n) is 14.0. The first-order valence-corrected chi connectivity index (χ1v) is 7.58. The van der Waals surface area contributed by atoms with Crippen molar-refractivity contribution in [3.63, 3.8) is 0 Å². The van der Waals surface area contributed by atoms with Crippen LogP contribution in [0.3, 0.4) is 0 Å². The molecule has 0 radical (unpaired) electrons. The van der Waals surface area contributed by atoms with Gasteiger partial charge in [-0.1, -0.05) is 13.0 Å². The van der Waals surface area contributed by atoms with Gasteiger partial charge < -0.3 is 10.1 Å². The van der Waals surface area contributed by atoms with Crippen LogP contribution in [-0.4, -0.2) is 20.6 Å². The maximum absolute atomic E-state index is 5.71. The number of hydrogen-bond donors (Lipinski definition) is 1. The molecule has 1 N–H and O–H groups in total. The Kier molecular flexibility index (Phi) is 4.96. The number of ether oxygens (including phenoxy) is 1. The third-order valence-electron chi connectivity index (χ3n) is 2.94. The van der Waals surface area contributed by atoms with Crippen LogP contribution in [0.1, 0.15) is 44.8 Å². The molecule has 0 saturated carbocycles. The molecule has 0 bridgehead atoms. The number of aryl methyl sites for hydroxylation is 2. The molecule has 2 rings (SSSR count). The van der Waals surface area contributed by atoms with E-state index in [-0.39, 0.29) is 5.60 Å². The van der Waals surface area contributed by atoms with E-state index in [1.54, 1.807) is 0 Å². The van der Waals surface area contributed by atoms with Gasteiger partial charge in [0, 0.05) is 30.6 Å². The second-order valence-corrected chi connectivity index (χ2v) is 6.22. The molecule has 0 aliphatic heterocycles. The molecule has 0 atom stereocenters. The first-order chi connectivity index (χ1) is 10.4. The van der Waals surface area contributed by atoms with E-state index in [1.807, 2.05) is 52.1 Å². The van der Waals surface area contributed by atoms with Crippen molar-refractivity contribution >= 4 is 5.82 Å². The fourth-order valence-electron chi connectivity index (χ4n) is 1.98. The van der Waals surface area contributed by atoms with Crippen molar-refractivity contribution in [2.45, 2.75) is 53.2 Å². The molecular weight excluding hydrogens is 276 g/mol. The van der Waals surface area contributed by atoms with Gasteiger partial charge in [0.2, 0.25) is 5.88 Å². The van der Waals surface area contributed by atoms with Crippen LogP contribution in [0, 0.1) is 6.92 Å². The summed E-state index contributed by atoms with van der Waals surface area (Å²) in [6.45, 7) is 10.7. The summed E-state index contributed by atoms with van der Waals surface area (Å²) in [6.07, 6.45) is 2.72. The molecule has 22 heavy (non-hydrogen) atoms. The SMILES string of the molecule is CCc1cc(NCc2ccc(OC(C)(C)C)nc2)nc(C)n1. The number of hydrogen-bond acceptors (Lipinski definition) is 5. The molecule has 0 fully saturated rings. The van der Waals surface area contributed by atoms with E-state index in [0.717, 1.165) is 29.3 Å². The quantitative estimate of drug-likeness (QED) is 0.915. The van der Waals surface area contributed by atoms with Crippen LogP contribution in [0.25, 0.3) is 0 Å². The molecule has 0 amide bonds. The van der Waals surface area contributed by atoms with Gasteiger partial charge in [-0.25, -0.2) is 15.0 Å². The molecule has 0 unspecified atom stereocenters. The summed E-state index contributed by atoms with van der Waals surface area (Å²) < 4.78 is 5.71. The Hall–Kier alpha value is -2.17. The number of anilines is 1. The summed E-state index contributed by atoms with van der Waals surface area (Å²) in [4.78, 5) is 13.1. The number of nitrogens with zero attached hydrogens (tertiary/aromatic N) is 3. The predicted molar refractivity (Wildman–Crippen MR) is 88.1 cm³/mol. The summed E-state index contributed by atoms with van der Waals surface area (Å²) in [5, 5.41) is 3.31. The summed E-state index contributed by atoms with van der Waals surface area (Å²) in [5.74, 6) is 2.27. The Morgan fingerprint density at radius 3 is 2.55 bits per heavy atom. The maximum atomic E-state index is 5.71. The van der Waals surface area contributed by atoms with Crippen LogP contribution in [0.5, 0.6) is 5.88 Å². The molecule has 0 aliphatic rings. The average Bonchev–Trinajstić information content (AvgIpc) is 2.44. The lowest BCUT2D eigenvalue weighted by Gasteiger charge is -2.20. The van der Waals surface area contributed by atoms with Crippen molar-refractivity contribution < 1.29 is 4.74 Å². The normalized spacial score (nSPS) is 11.3. The highest BCUT2D eigenvalue weighted by Crippen LogP contribution is 2.16. The molecule has 2 heterocycles. The number of rotatable bonds is 5. The lowest BCUT2D eigenvalue weighted by Crippen LogP contribution is -2.23. The molecule has 0 aliphatic carbocycles. The lowest BCUT2D eigenvalue weighted by atomic mass is 10.2. The van der Waals surface area contributed by atoms with Crippen LogP contribution < -0.4 is 10.1 Å². The highest BCUT2D eigenvalue weighted by Gasteiger charge is 2.12. The minimum atomic E-state index is -0.234. The molecule has 0 aromatic carbocycles. The van der Waals surface area contributed by atoms with Crippen molar-refractivity contribution in [2.24, 2.45) is 0 Å². The van der Waals surface area contributed by atoms with Crippen LogP contribution in [0.15, 0.2) is 24.4 Å². The Bertz CT molecular complexity index is 618. The van der Waals surface area contributed by atoms with Gasteiger partial charge in [-0.2, -0.15) is 0 Å². The first kappa shape index (κ1) is 16.2. The Morgan fingerprint density at radius 2 is 1.95 bits per heavy atom. The van der Waals surface area contributed by atoms with E-state index < -0.39 is 0 Å². The van der Waals surface area contributed by atoms with Gasteiger partial charge in [0.05, 0.1) is 0 Å². The van der Waals surface area contributed by atoms with Crippen molar-refractivity contribution in [3.05, 3.63) is 41.5 Å². The standard InChI is InChI=1S/C17H24N4O/c1-6-14-9-15(21-12(2)20-14)18-10-13-7-8-16(19-11-13)22-17(3,4)5/h7-9,11H,6,10H2,1-5H3,(H,18,20,21). The van der Waals surface area contributed by atoms with Crippen molar-refractivity contribution in [1.29, 1.82) is 0 Å². The number of aromatic nitrogens is 3. The van der Waals surface area contributed by atoms with Crippen LogP contribution in [-0.2, 0) is 13.0 Å². The van der Waals surface area contributed by atoms with Crippen molar-refractivity contribution in [3.8, 4) is 5.88 Å². The van der Waals surface area contributed by atoms with Gasteiger partial charge in [0.15, 0.2) is 0 Å². The molecule has 2 aromatic heterocycles. The van der Waals surface area contributed by atoms with E-state index in [0.29, 0.717) is 12.4 Å². The summed E-state index contributed by atoms with van der Waals surface area (Å²) >= 11 is 0. The highest BCUT2D eigenvalue weighted by atomic mass is 16.5. The van der Waals surface area contributed by atoms with E-state index in [2.05, 4.69) is 27.2 Å². The van der Waals surface area contributed by atoms with Gasteiger partial charge in [-0.15, -0.1) is 0 Å². The van der Waals surface area contributed by atoms with Crippen LogP contribution >= 0.6 is 0 Å². The molecule has 5 heteroatoms. The van der Waals surface area contributed by atoms with Crippen LogP contribution in [0.4, 0.5) is 5.82 Å². The van der Waals surface area contributed by atoms with Gasteiger partial charge in [0.25, 0.3) is 0 Å². The van der Waals surface area contributed by atoms with Gasteiger partial charge in [-0.05, 0) is 39.7 Å². The minimum Gasteiger partial charge on any atom is -0.472 e. The Balaban J connectivity index is 1.98. The molecular formula is C17H24N4O. The molecule has 2 aromatic rings. The average molecular weight is 300 g/mol. The third kappa shape index (κ3) is 4.98. The topological polar surface area (TPSA) is 59.9 Å². The Labute approximate surface area is 132 Å². The van der Waals surface area contributed by atoms with Crippen molar-refractivity contribution in [1.82, 2.24) is 15.0 Å². The van der Waals surface area contributed by atoms with Gasteiger partial charge in [0.1, 0.15) is 17.2 Å². The zero-order valence-corrected chi connectivity index (χ0v) is 14.0. The fourth-order valence-corrected chi connectivity index (χ4v) is 1.98. The minimum absolute atomic E-state index is 0.234. The summed E-state index contributed by atoms with van der Waals surface area (Å²) in [7, 11) is 0. The fraction of sp³-hybridized carbons (Fsp3) is 0.471. The van der Waals surface area contributed by atoms with E-state index in [4.69, 9.17) is 4.74 Å². The van der Waals surface area contributed by atoms with Crippen LogP contribution in [0.2, 0.25) is 0 Å². The smallest absolute Gasteiger partial charge is 0.213 e. The number of pyridine rings is 1. The van der Waals surface area contributed by atoms with Crippen molar-refractivity contribution in [2.75, 3.05) is 5.32 Å². The Morgan fingerprint density at radius 1 is 1.18 bits per heavy atom. The van der Waals surface area contributed by atoms with E-state index >= 15 is 0 Å². The number of nitrogens with one attached hydrogen (secondary N) is 1. The lowest BCUT2D eigenvalue weighted by molar-refractivity contribution is 0.124. The van der Waals surface area contributed by atoms with E-state index in [9.17, 15) is 0 Å². The van der Waals surface area contributed by atoms with Gasteiger partial charge >= 0.3 is 0 Å². The third-order valence-corrected chi connectivity index (χ3v) is 2.94. The largest absolute Gasteiger partial charge is 0.472 e. The summed E-state index contributed by atoms with van der Waals surface area (Å²) in [5.41, 5.74) is 1.89. The maximum Gasteiger partial charge on any atom is 0.213 e. The summed E-state index contributed by atoms with van der Waals surface area (Å²) in [6, 6.07) is 5.89. The highest BCUT2D eigenvalue weighted by molar-refractivity contribution is 5.37. The molecule has 5 nitrogen and oxygen atoms in total. The first-order valence-electron chi connectivity index (χ1n) is 7.58. The van der Waals surface area contributed by atoms with E-state index in [1.165, 1.54) is 0 Å². The predicted octanol–water partition coefficient (Wildman–Crippen LogP) is 3.53. The zero-order chi connectivity index (χ0) is 16.2. The second-order valence-electron chi connectivity index (χ2n) is 6.22.